The third-order valence-corrected chi connectivity index (χ3v) is 4.20. The largest absolute Gasteiger partial charge is 0.478 e. The Morgan fingerprint density at radius 1 is 1.16 bits per heavy atom. The second-order valence-corrected chi connectivity index (χ2v) is 7.12. The minimum Gasteiger partial charge on any atom is -0.478 e. The Morgan fingerprint density at radius 3 is 2.44 bits per heavy atom. The highest BCUT2D eigenvalue weighted by atomic mass is 16.5. The van der Waals surface area contributed by atoms with Crippen LogP contribution in [0.15, 0.2) is 11.6 Å². The van der Waals surface area contributed by atoms with E-state index in [1.807, 2.05) is 6.92 Å². The van der Waals surface area contributed by atoms with E-state index >= 15 is 0 Å². The summed E-state index contributed by atoms with van der Waals surface area (Å²) in [5.41, 5.74) is 0.259. The van der Waals surface area contributed by atoms with Crippen molar-refractivity contribution in [3.63, 3.8) is 0 Å². The monoisotopic (exact) mass is 355 g/mol. The lowest BCUT2D eigenvalue weighted by Crippen LogP contribution is -2.36. The van der Waals surface area contributed by atoms with Crippen molar-refractivity contribution in [2.75, 3.05) is 32.8 Å². The van der Waals surface area contributed by atoms with Gasteiger partial charge in [-0.05, 0) is 45.1 Å². The molecule has 1 heterocycles. The molecular weight excluding hydrogens is 322 g/mol. The second kappa shape index (κ2) is 12.0. The average Bonchev–Trinajstić information content (AvgIpc) is 2.53. The summed E-state index contributed by atoms with van der Waals surface area (Å²) in [6, 6.07) is 0. The summed E-state index contributed by atoms with van der Waals surface area (Å²) in [7, 11) is 0. The van der Waals surface area contributed by atoms with Crippen LogP contribution >= 0.6 is 0 Å². The molecule has 6 nitrogen and oxygen atoms in total. The highest BCUT2D eigenvalue weighted by Crippen LogP contribution is 2.15. The average molecular weight is 355 g/mol. The number of carbonyl (C=O) groups excluding carboxylic acids is 1. The maximum atomic E-state index is 12.2. The van der Waals surface area contributed by atoms with E-state index in [4.69, 9.17) is 14.6 Å². The van der Waals surface area contributed by atoms with Crippen molar-refractivity contribution in [2.24, 2.45) is 5.92 Å². The van der Waals surface area contributed by atoms with E-state index in [1.165, 1.54) is 0 Å². The standard InChI is InChI=1S/C19H33NO5/c1-15(2)13-16(3)25-19(23)17(14-18(21)22)7-5-4-6-8-20-9-11-24-12-10-20/h14-16H,4-13H2,1-3H3,(H,21,22)/b17-14+. The summed E-state index contributed by atoms with van der Waals surface area (Å²) in [5, 5.41) is 8.98. The smallest absolute Gasteiger partial charge is 0.334 e. The number of carboxylic acid groups (broad SMARTS) is 1. The molecule has 25 heavy (non-hydrogen) atoms. The molecule has 1 N–H and O–H groups in total. The lowest BCUT2D eigenvalue weighted by molar-refractivity contribution is -0.145. The Hall–Kier alpha value is -1.40. The van der Waals surface area contributed by atoms with Crippen LogP contribution in [0.25, 0.3) is 0 Å². The Kier molecular flexibility index (Phi) is 10.4. The number of carbonyl (C=O) groups is 2. The van der Waals surface area contributed by atoms with E-state index in [2.05, 4.69) is 18.7 Å². The molecule has 1 aliphatic heterocycles. The van der Waals surface area contributed by atoms with Crippen molar-refractivity contribution in [2.45, 2.75) is 59.0 Å². The molecule has 1 fully saturated rings. The summed E-state index contributed by atoms with van der Waals surface area (Å²) in [6.45, 7) is 10.5. The topological polar surface area (TPSA) is 76.1 Å². The SMILES string of the molecule is CC(C)CC(C)OC(=O)/C(=C/C(=O)O)CCCCCN1CCOCC1. The van der Waals surface area contributed by atoms with E-state index in [-0.39, 0.29) is 11.7 Å². The Balaban J connectivity index is 2.34. The fourth-order valence-electron chi connectivity index (χ4n) is 3.00. The Bertz CT molecular complexity index is 441. The molecule has 1 unspecified atom stereocenters. The zero-order chi connectivity index (χ0) is 18.7. The van der Waals surface area contributed by atoms with Gasteiger partial charge in [-0.15, -0.1) is 0 Å². The molecule has 0 aromatic rings. The van der Waals surface area contributed by atoms with Crippen molar-refractivity contribution >= 4 is 11.9 Å². The molecule has 1 rings (SSSR count). The van der Waals surface area contributed by atoms with Gasteiger partial charge in [0.15, 0.2) is 0 Å². The quantitative estimate of drug-likeness (QED) is 0.349. The van der Waals surface area contributed by atoms with Gasteiger partial charge < -0.3 is 14.6 Å². The molecule has 0 aromatic heterocycles. The molecule has 1 saturated heterocycles. The van der Waals surface area contributed by atoms with Gasteiger partial charge in [0.2, 0.25) is 0 Å². The zero-order valence-electron chi connectivity index (χ0n) is 15.8. The number of rotatable bonds is 11. The number of aliphatic carboxylic acids is 1. The number of hydrogen-bond acceptors (Lipinski definition) is 5. The van der Waals surface area contributed by atoms with Crippen LogP contribution in [-0.4, -0.2) is 60.9 Å². The summed E-state index contributed by atoms with van der Waals surface area (Å²) in [5.74, 6) is -1.17. The molecule has 0 aliphatic carbocycles. The highest BCUT2D eigenvalue weighted by molar-refractivity contribution is 5.95. The number of carboxylic acids is 1. The minimum absolute atomic E-state index is 0.203. The van der Waals surface area contributed by atoms with Crippen molar-refractivity contribution in [3.05, 3.63) is 11.6 Å². The molecular formula is C19H33NO5. The maximum absolute atomic E-state index is 12.2. The number of hydrogen-bond donors (Lipinski definition) is 1. The Labute approximate surface area is 151 Å². The van der Waals surface area contributed by atoms with Crippen LogP contribution in [0.5, 0.6) is 0 Å². The number of unbranched alkanes of at least 4 members (excludes halogenated alkanes) is 2. The van der Waals surface area contributed by atoms with Crippen LogP contribution in [0.3, 0.4) is 0 Å². The molecule has 0 bridgehead atoms. The second-order valence-electron chi connectivity index (χ2n) is 7.12. The molecule has 0 spiro atoms. The first-order chi connectivity index (χ1) is 11.9. The first kappa shape index (κ1) is 21.6. The van der Waals surface area contributed by atoms with Crippen molar-refractivity contribution in [1.29, 1.82) is 0 Å². The van der Waals surface area contributed by atoms with E-state index in [0.29, 0.717) is 12.3 Å². The summed E-state index contributed by atoms with van der Waals surface area (Å²) in [6.07, 6.45) is 4.80. The third kappa shape index (κ3) is 10.2. The van der Waals surface area contributed by atoms with Gasteiger partial charge in [0.1, 0.15) is 0 Å². The number of morpholine rings is 1. The molecule has 0 aromatic carbocycles. The van der Waals surface area contributed by atoms with E-state index < -0.39 is 11.9 Å². The molecule has 6 heteroatoms. The summed E-state index contributed by atoms with van der Waals surface area (Å²) >= 11 is 0. The Morgan fingerprint density at radius 2 is 1.84 bits per heavy atom. The van der Waals surface area contributed by atoms with E-state index in [0.717, 1.165) is 64.6 Å². The summed E-state index contributed by atoms with van der Waals surface area (Å²) in [4.78, 5) is 25.6. The van der Waals surface area contributed by atoms with Gasteiger partial charge >= 0.3 is 11.9 Å². The lowest BCUT2D eigenvalue weighted by Gasteiger charge is -2.26. The highest BCUT2D eigenvalue weighted by Gasteiger charge is 2.17. The predicted octanol–water partition coefficient (Wildman–Crippen LogP) is 2.87. The van der Waals surface area contributed by atoms with Gasteiger partial charge in [0.25, 0.3) is 0 Å². The van der Waals surface area contributed by atoms with Crippen LogP contribution in [0.4, 0.5) is 0 Å². The third-order valence-electron chi connectivity index (χ3n) is 4.20. The number of ether oxygens (including phenoxy) is 2. The molecule has 1 atom stereocenters. The first-order valence-corrected chi connectivity index (χ1v) is 9.33. The van der Waals surface area contributed by atoms with Gasteiger partial charge in [0, 0.05) is 24.7 Å². The van der Waals surface area contributed by atoms with Crippen LogP contribution in [-0.2, 0) is 19.1 Å². The fourth-order valence-corrected chi connectivity index (χ4v) is 3.00. The van der Waals surface area contributed by atoms with Crippen LogP contribution < -0.4 is 0 Å². The van der Waals surface area contributed by atoms with Gasteiger partial charge in [0.05, 0.1) is 19.3 Å². The maximum Gasteiger partial charge on any atom is 0.334 e. The van der Waals surface area contributed by atoms with E-state index in [1.54, 1.807) is 0 Å². The minimum atomic E-state index is -1.10. The normalized spacial score (nSPS) is 17.5. The molecule has 0 saturated carbocycles. The number of esters is 1. The van der Waals surface area contributed by atoms with E-state index in [9.17, 15) is 9.59 Å². The van der Waals surface area contributed by atoms with Crippen LogP contribution in [0.1, 0.15) is 52.9 Å². The van der Waals surface area contributed by atoms with Crippen molar-refractivity contribution in [3.8, 4) is 0 Å². The fraction of sp³-hybridized carbons (Fsp3) is 0.789. The molecule has 144 valence electrons. The van der Waals surface area contributed by atoms with Crippen LogP contribution in [0, 0.1) is 5.92 Å². The molecule has 0 amide bonds. The lowest BCUT2D eigenvalue weighted by atomic mass is 10.1. The number of nitrogens with zero attached hydrogens (tertiary/aromatic N) is 1. The molecule has 1 aliphatic rings. The van der Waals surface area contributed by atoms with Crippen molar-refractivity contribution < 1.29 is 24.2 Å². The first-order valence-electron chi connectivity index (χ1n) is 9.33. The van der Waals surface area contributed by atoms with Crippen molar-refractivity contribution in [1.82, 2.24) is 4.90 Å². The zero-order valence-corrected chi connectivity index (χ0v) is 15.8. The predicted molar refractivity (Wildman–Crippen MR) is 96.5 cm³/mol. The summed E-state index contributed by atoms with van der Waals surface area (Å²) < 4.78 is 10.7. The van der Waals surface area contributed by atoms with Gasteiger partial charge in [-0.25, -0.2) is 9.59 Å². The molecule has 0 radical (unpaired) electrons. The van der Waals surface area contributed by atoms with Gasteiger partial charge in [-0.2, -0.15) is 0 Å². The van der Waals surface area contributed by atoms with Gasteiger partial charge in [-0.1, -0.05) is 20.3 Å². The van der Waals surface area contributed by atoms with Crippen LogP contribution in [0.2, 0.25) is 0 Å². The van der Waals surface area contributed by atoms with Gasteiger partial charge in [-0.3, -0.25) is 4.90 Å².